The summed E-state index contributed by atoms with van der Waals surface area (Å²) in [6.07, 6.45) is -3.38. The highest BCUT2D eigenvalue weighted by molar-refractivity contribution is 5.83. The number of nitrogens with zero attached hydrogens (tertiary/aromatic N) is 1. The number of aliphatic hydroxyl groups is 2. The van der Waals surface area contributed by atoms with Gasteiger partial charge in [-0.3, -0.25) is 4.90 Å². The topological polar surface area (TPSA) is 96.3 Å². The lowest BCUT2D eigenvalue weighted by atomic mass is 10.1. The van der Waals surface area contributed by atoms with E-state index in [2.05, 4.69) is 4.74 Å². The highest BCUT2D eigenvalue weighted by Gasteiger charge is 2.48. The lowest BCUT2D eigenvalue weighted by Gasteiger charge is -2.22. The van der Waals surface area contributed by atoms with E-state index in [4.69, 9.17) is 4.74 Å². The van der Waals surface area contributed by atoms with Crippen LogP contribution in [0.25, 0.3) is 0 Å². The van der Waals surface area contributed by atoms with Gasteiger partial charge in [-0.25, -0.2) is 9.59 Å². The Hall–Kier alpha value is -2.12. The number of hydrogen-bond acceptors (Lipinski definition) is 6. The Labute approximate surface area is 121 Å². The van der Waals surface area contributed by atoms with Crippen molar-refractivity contribution in [1.82, 2.24) is 4.90 Å². The van der Waals surface area contributed by atoms with Gasteiger partial charge >= 0.3 is 12.1 Å². The molecule has 114 valence electrons. The standard InChI is InChI=1S/C14H17NO6/c1-20-13(18)11-12(17)10(16)7-15(11)14(19)21-8-9-5-3-2-4-6-9/h2-6,10-12,16-17H,7-8H2,1H3/t10-,11-,12-/m0/s1. The maximum absolute atomic E-state index is 12.0. The van der Waals surface area contributed by atoms with Gasteiger partial charge in [0, 0.05) is 0 Å². The SMILES string of the molecule is COC(=O)[C@@H]1[C@@H](O)[C@@H](O)CN1C(=O)OCc1ccccc1. The number of carbonyl (C=O) groups excluding carboxylic acids is 2. The molecule has 1 saturated heterocycles. The molecule has 0 bridgehead atoms. The molecule has 7 nitrogen and oxygen atoms in total. The Morgan fingerprint density at radius 2 is 1.95 bits per heavy atom. The predicted octanol–water partition coefficient (Wildman–Crippen LogP) is -0.0978. The van der Waals surface area contributed by atoms with Crippen molar-refractivity contribution in [3.05, 3.63) is 35.9 Å². The van der Waals surface area contributed by atoms with E-state index < -0.39 is 30.3 Å². The number of hydrogen-bond donors (Lipinski definition) is 2. The Morgan fingerprint density at radius 3 is 2.57 bits per heavy atom. The molecule has 1 aliphatic heterocycles. The second-order valence-electron chi connectivity index (χ2n) is 4.72. The van der Waals surface area contributed by atoms with E-state index in [1.165, 1.54) is 0 Å². The predicted molar refractivity (Wildman–Crippen MR) is 71.2 cm³/mol. The fourth-order valence-electron chi connectivity index (χ4n) is 2.20. The molecule has 1 aromatic carbocycles. The van der Waals surface area contributed by atoms with Crippen molar-refractivity contribution in [2.24, 2.45) is 0 Å². The average molecular weight is 295 g/mol. The molecule has 1 heterocycles. The van der Waals surface area contributed by atoms with Crippen LogP contribution in [0.4, 0.5) is 4.79 Å². The number of aliphatic hydroxyl groups excluding tert-OH is 2. The average Bonchev–Trinajstić information content (AvgIpc) is 2.81. The van der Waals surface area contributed by atoms with Gasteiger partial charge in [0.05, 0.1) is 13.7 Å². The van der Waals surface area contributed by atoms with Gasteiger partial charge in [0.25, 0.3) is 0 Å². The number of rotatable bonds is 3. The maximum atomic E-state index is 12.0. The third kappa shape index (κ3) is 3.32. The molecule has 0 saturated carbocycles. The minimum Gasteiger partial charge on any atom is -0.467 e. The van der Waals surface area contributed by atoms with Crippen molar-refractivity contribution < 1.29 is 29.3 Å². The Kier molecular flexibility index (Phi) is 4.77. The summed E-state index contributed by atoms with van der Waals surface area (Å²) in [5.41, 5.74) is 0.792. The number of benzene rings is 1. The molecule has 7 heteroatoms. The number of carbonyl (C=O) groups is 2. The summed E-state index contributed by atoms with van der Waals surface area (Å²) >= 11 is 0. The summed E-state index contributed by atoms with van der Waals surface area (Å²) in [6.45, 7) is -0.148. The molecule has 0 aromatic heterocycles. The molecule has 1 aromatic rings. The lowest BCUT2D eigenvalue weighted by molar-refractivity contribution is -0.148. The largest absolute Gasteiger partial charge is 0.467 e. The summed E-state index contributed by atoms with van der Waals surface area (Å²) in [6, 6.07) is 7.78. The van der Waals surface area contributed by atoms with Gasteiger partial charge in [-0.2, -0.15) is 0 Å². The van der Waals surface area contributed by atoms with E-state index in [1.54, 1.807) is 12.1 Å². The van der Waals surface area contributed by atoms with Crippen LogP contribution in [0, 0.1) is 0 Å². The first kappa shape index (κ1) is 15.3. The van der Waals surface area contributed by atoms with E-state index in [-0.39, 0.29) is 13.2 Å². The van der Waals surface area contributed by atoms with Crippen LogP contribution in [0.3, 0.4) is 0 Å². The van der Waals surface area contributed by atoms with Gasteiger partial charge in [-0.1, -0.05) is 30.3 Å². The van der Waals surface area contributed by atoms with Crippen LogP contribution in [0.2, 0.25) is 0 Å². The Morgan fingerprint density at radius 1 is 1.29 bits per heavy atom. The lowest BCUT2D eigenvalue weighted by Crippen LogP contribution is -2.46. The van der Waals surface area contributed by atoms with Gasteiger partial charge in [0.1, 0.15) is 18.8 Å². The molecular weight excluding hydrogens is 278 g/mol. The third-order valence-corrected chi connectivity index (χ3v) is 3.32. The summed E-state index contributed by atoms with van der Waals surface area (Å²) < 4.78 is 9.63. The second-order valence-corrected chi connectivity index (χ2v) is 4.72. The van der Waals surface area contributed by atoms with Gasteiger partial charge in [-0.05, 0) is 5.56 Å². The molecule has 1 amide bonds. The zero-order chi connectivity index (χ0) is 15.4. The zero-order valence-electron chi connectivity index (χ0n) is 11.5. The normalized spacial score (nSPS) is 24.7. The number of esters is 1. The monoisotopic (exact) mass is 295 g/mol. The minimum absolute atomic E-state index is 0.0380. The minimum atomic E-state index is -1.39. The second kappa shape index (κ2) is 6.55. The van der Waals surface area contributed by atoms with E-state index in [9.17, 15) is 19.8 Å². The van der Waals surface area contributed by atoms with Crippen molar-refractivity contribution >= 4 is 12.1 Å². The number of ether oxygens (including phenoxy) is 2. The summed E-state index contributed by atoms with van der Waals surface area (Å²) in [5.74, 6) is -0.796. The fourth-order valence-corrected chi connectivity index (χ4v) is 2.20. The molecule has 1 aliphatic rings. The summed E-state index contributed by atoms with van der Waals surface area (Å²) in [4.78, 5) is 24.6. The van der Waals surface area contributed by atoms with E-state index >= 15 is 0 Å². The van der Waals surface area contributed by atoms with Crippen LogP contribution >= 0.6 is 0 Å². The number of amides is 1. The van der Waals surface area contributed by atoms with Crippen LogP contribution in [-0.4, -0.2) is 59.1 Å². The smallest absolute Gasteiger partial charge is 0.411 e. The first-order valence-corrected chi connectivity index (χ1v) is 6.46. The molecule has 0 unspecified atom stereocenters. The van der Waals surface area contributed by atoms with Crippen LogP contribution in [0.15, 0.2) is 30.3 Å². The maximum Gasteiger partial charge on any atom is 0.411 e. The van der Waals surface area contributed by atoms with Gasteiger partial charge in [0.15, 0.2) is 6.04 Å². The highest BCUT2D eigenvalue weighted by atomic mass is 16.6. The molecule has 2 rings (SSSR count). The molecule has 21 heavy (non-hydrogen) atoms. The molecule has 0 spiro atoms. The highest BCUT2D eigenvalue weighted by Crippen LogP contribution is 2.21. The Bertz CT molecular complexity index is 505. The first-order chi connectivity index (χ1) is 10.0. The Balaban J connectivity index is 2.01. The van der Waals surface area contributed by atoms with Gasteiger partial charge < -0.3 is 19.7 Å². The first-order valence-electron chi connectivity index (χ1n) is 6.46. The number of likely N-dealkylation sites (tertiary alicyclic amines) is 1. The molecular formula is C14H17NO6. The number of methoxy groups -OCH3 is 1. The molecule has 0 aliphatic carbocycles. The van der Waals surface area contributed by atoms with Crippen LogP contribution < -0.4 is 0 Å². The molecule has 0 radical (unpaired) electrons. The van der Waals surface area contributed by atoms with Gasteiger partial charge in [-0.15, -0.1) is 0 Å². The summed E-state index contributed by atoms with van der Waals surface area (Å²) in [5, 5.41) is 19.4. The van der Waals surface area contributed by atoms with E-state index in [0.29, 0.717) is 0 Å². The van der Waals surface area contributed by atoms with Crippen LogP contribution in [0.5, 0.6) is 0 Å². The van der Waals surface area contributed by atoms with Crippen LogP contribution in [-0.2, 0) is 20.9 Å². The van der Waals surface area contributed by atoms with Crippen molar-refractivity contribution in [2.75, 3.05) is 13.7 Å². The number of β-amino-alcohol motifs (C(OH)–C–C–N with tert-alkyl or cyclic N) is 1. The quantitative estimate of drug-likeness (QED) is 0.756. The third-order valence-electron chi connectivity index (χ3n) is 3.32. The van der Waals surface area contributed by atoms with Crippen molar-refractivity contribution in [1.29, 1.82) is 0 Å². The van der Waals surface area contributed by atoms with Crippen molar-refractivity contribution in [3.63, 3.8) is 0 Å². The van der Waals surface area contributed by atoms with Crippen LogP contribution in [0.1, 0.15) is 5.56 Å². The van der Waals surface area contributed by atoms with E-state index in [1.807, 2.05) is 18.2 Å². The molecule has 1 fully saturated rings. The summed E-state index contributed by atoms with van der Waals surface area (Å²) in [7, 11) is 1.15. The molecule has 3 atom stereocenters. The van der Waals surface area contributed by atoms with Gasteiger partial charge in [0.2, 0.25) is 0 Å². The van der Waals surface area contributed by atoms with Crippen molar-refractivity contribution in [3.8, 4) is 0 Å². The van der Waals surface area contributed by atoms with E-state index in [0.717, 1.165) is 17.6 Å². The molecule has 2 N–H and O–H groups in total. The van der Waals surface area contributed by atoms with Crippen molar-refractivity contribution in [2.45, 2.75) is 24.9 Å². The zero-order valence-corrected chi connectivity index (χ0v) is 11.5. The fraction of sp³-hybridized carbons (Fsp3) is 0.429.